The van der Waals surface area contributed by atoms with Crippen molar-refractivity contribution in [2.24, 2.45) is 5.73 Å². The number of aliphatic hydroxyl groups is 1. The second-order valence-electron chi connectivity index (χ2n) is 5.82. The fourth-order valence-electron chi connectivity index (χ4n) is 1.76. The number of hydrogen-bond acceptors (Lipinski definition) is 7. The molecule has 0 fully saturated rings. The van der Waals surface area contributed by atoms with E-state index in [1.54, 1.807) is 13.0 Å². The van der Waals surface area contributed by atoms with Gasteiger partial charge in [-0.25, -0.2) is 8.42 Å². The average Bonchev–Trinajstić information content (AvgIpc) is 2.91. The number of carbonyl (C=O) groups is 2. The molecule has 2 aromatic heterocycles. The predicted octanol–water partition coefficient (Wildman–Crippen LogP) is 1.09. The number of nitrogens with zero attached hydrogens (tertiary/aromatic N) is 1. The van der Waals surface area contributed by atoms with Crippen molar-refractivity contribution in [1.29, 1.82) is 0 Å². The van der Waals surface area contributed by atoms with Gasteiger partial charge < -0.3 is 16.2 Å². The summed E-state index contributed by atoms with van der Waals surface area (Å²) in [6.45, 7) is 4.24. The highest BCUT2D eigenvalue weighted by molar-refractivity contribution is 7.93. The van der Waals surface area contributed by atoms with Gasteiger partial charge in [0.05, 0.1) is 10.5 Å². The van der Waals surface area contributed by atoms with Gasteiger partial charge in [-0.15, -0.1) is 11.3 Å². The van der Waals surface area contributed by atoms with Crippen LogP contribution in [0.15, 0.2) is 33.5 Å². The van der Waals surface area contributed by atoms with Crippen molar-refractivity contribution in [3.63, 3.8) is 0 Å². The van der Waals surface area contributed by atoms with Crippen molar-refractivity contribution in [2.45, 2.75) is 35.5 Å². The molecule has 2 rings (SSSR count). The number of hydrogen-bond donors (Lipinski definition) is 3. The molecule has 0 aliphatic heterocycles. The van der Waals surface area contributed by atoms with Crippen LogP contribution >= 0.6 is 11.3 Å². The summed E-state index contributed by atoms with van der Waals surface area (Å²) >= 11 is 0.679. The largest absolute Gasteiger partial charge is 0.381 e. The Morgan fingerprint density at radius 2 is 1.96 bits per heavy atom. The van der Waals surface area contributed by atoms with E-state index in [1.165, 1.54) is 26.1 Å². The lowest BCUT2D eigenvalue weighted by Crippen LogP contribution is -2.36. The first-order valence-electron chi connectivity index (χ1n) is 7.08. The molecule has 0 unspecified atom stereocenters. The Labute approximate surface area is 148 Å². The molecule has 0 spiro atoms. The number of nitrogens with one attached hydrogen (secondary N) is 1. The SMILES string of the molecule is Cc1ccc(S(=O)(=O)c2cc(C(N)=O)c(NC(=O)C(C)(C)O)s2)cn1. The van der Waals surface area contributed by atoms with Gasteiger partial charge in [-0.05, 0) is 39.0 Å². The number of aryl methyl sites for hydroxylation is 1. The van der Waals surface area contributed by atoms with Crippen LogP contribution in [0.4, 0.5) is 5.00 Å². The molecule has 0 aromatic carbocycles. The van der Waals surface area contributed by atoms with E-state index in [-0.39, 0.29) is 19.7 Å². The number of aromatic nitrogens is 1. The summed E-state index contributed by atoms with van der Waals surface area (Å²) in [6.07, 6.45) is 1.21. The molecule has 0 atom stereocenters. The highest BCUT2D eigenvalue weighted by Crippen LogP contribution is 2.34. The Balaban J connectivity index is 2.50. The minimum atomic E-state index is -3.93. The summed E-state index contributed by atoms with van der Waals surface area (Å²) in [7, 11) is -3.93. The van der Waals surface area contributed by atoms with Crippen LogP contribution in [0, 0.1) is 6.92 Å². The Hall–Kier alpha value is -2.30. The molecule has 10 heteroatoms. The van der Waals surface area contributed by atoms with E-state index in [9.17, 15) is 23.1 Å². The first-order valence-corrected chi connectivity index (χ1v) is 9.38. The Morgan fingerprint density at radius 3 is 2.44 bits per heavy atom. The molecule has 2 aromatic rings. The summed E-state index contributed by atoms with van der Waals surface area (Å²) < 4.78 is 25.2. The number of pyridine rings is 1. The molecule has 8 nitrogen and oxygen atoms in total. The molecule has 25 heavy (non-hydrogen) atoms. The van der Waals surface area contributed by atoms with Gasteiger partial charge in [-0.3, -0.25) is 14.6 Å². The lowest BCUT2D eigenvalue weighted by molar-refractivity contribution is -0.130. The molecule has 0 bridgehead atoms. The topological polar surface area (TPSA) is 139 Å². The van der Waals surface area contributed by atoms with Gasteiger partial charge in [0.25, 0.3) is 11.8 Å². The number of carbonyl (C=O) groups excluding carboxylic acids is 2. The minimum absolute atomic E-state index is 0.0433. The minimum Gasteiger partial charge on any atom is -0.381 e. The van der Waals surface area contributed by atoms with Crippen molar-refractivity contribution in [3.8, 4) is 0 Å². The van der Waals surface area contributed by atoms with Crippen molar-refractivity contribution in [3.05, 3.63) is 35.7 Å². The lowest BCUT2D eigenvalue weighted by atomic mass is 10.1. The number of thiophene rings is 1. The summed E-state index contributed by atoms with van der Waals surface area (Å²) in [6, 6.07) is 4.05. The highest BCUT2D eigenvalue weighted by atomic mass is 32.2. The van der Waals surface area contributed by atoms with E-state index in [0.717, 1.165) is 6.07 Å². The first kappa shape index (κ1) is 19.0. The molecule has 0 radical (unpaired) electrons. The van der Waals surface area contributed by atoms with Gasteiger partial charge in [0, 0.05) is 11.9 Å². The van der Waals surface area contributed by atoms with Crippen LogP contribution in [0.1, 0.15) is 29.9 Å². The van der Waals surface area contributed by atoms with Crippen molar-refractivity contribution >= 4 is 38.0 Å². The maximum Gasteiger partial charge on any atom is 0.256 e. The molecular formula is C15H17N3O5S2. The van der Waals surface area contributed by atoms with Gasteiger partial charge in [0.2, 0.25) is 9.84 Å². The zero-order valence-corrected chi connectivity index (χ0v) is 15.4. The third-order valence-corrected chi connectivity index (χ3v) is 6.48. The van der Waals surface area contributed by atoms with Crippen LogP contribution in [0.3, 0.4) is 0 Å². The Bertz CT molecular complexity index is 925. The molecule has 134 valence electrons. The van der Waals surface area contributed by atoms with Gasteiger partial charge in [0.1, 0.15) is 14.8 Å². The van der Waals surface area contributed by atoms with Crippen molar-refractivity contribution < 1.29 is 23.1 Å². The van der Waals surface area contributed by atoms with Crippen LogP contribution in [0.5, 0.6) is 0 Å². The zero-order chi connectivity index (χ0) is 19.0. The zero-order valence-electron chi connectivity index (χ0n) is 13.7. The first-order chi connectivity index (χ1) is 11.4. The molecule has 0 aliphatic rings. The molecule has 2 heterocycles. The van der Waals surface area contributed by atoms with E-state index >= 15 is 0 Å². The standard InChI is InChI=1S/C15H17N3O5S2/c1-8-4-5-9(7-17-8)25(22,23)11-6-10(12(16)19)13(24-11)18-14(20)15(2,3)21/h4-7,21H,1-3H3,(H2,16,19)(H,18,20). The number of rotatable bonds is 5. The summed E-state index contributed by atoms with van der Waals surface area (Å²) in [5.74, 6) is -1.69. The molecule has 2 amide bonds. The third kappa shape index (κ3) is 4.03. The Kier molecular flexibility index (Phi) is 4.98. The summed E-state index contributed by atoms with van der Waals surface area (Å²) in [5.41, 5.74) is 4.05. The smallest absolute Gasteiger partial charge is 0.256 e. The van der Waals surface area contributed by atoms with Gasteiger partial charge in [-0.1, -0.05) is 0 Å². The van der Waals surface area contributed by atoms with E-state index in [4.69, 9.17) is 5.73 Å². The number of primary amides is 1. The molecule has 0 aliphatic carbocycles. The number of amides is 2. The van der Waals surface area contributed by atoms with Crippen LogP contribution in [0.25, 0.3) is 0 Å². The third-order valence-electron chi connectivity index (χ3n) is 3.22. The second-order valence-corrected chi connectivity index (χ2v) is 9.05. The number of anilines is 1. The maximum absolute atomic E-state index is 12.7. The summed E-state index contributed by atoms with van der Waals surface area (Å²) in [4.78, 5) is 27.4. The fraction of sp³-hybridized carbons (Fsp3) is 0.267. The van der Waals surface area contributed by atoms with E-state index in [0.29, 0.717) is 17.0 Å². The number of sulfone groups is 1. The van der Waals surface area contributed by atoms with E-state index < -0.39 is 27.3 Å². The predicted molar refractivity (Wildman–Crippen MR) is 92.2 cm³/mol. The quantitative estimate of drug-likeness (QED) is 0.706. The van der Waals surface area contributed by atoms with Gasteiger partial charge >= 0.3 is 0 Å². The number of nitrogens with two attached hydrogens (primary N) is 1. The van der Waals surface area contributed by atoms with Gasteiger partial charge in [-0.2, -0.15) is 0 Å². The van der Waals surface area contributed by atoms with Crippen LogP contribution in [-0.4, -0.2) is 35.9 Å². The average molecular weight is 383 g/mol. The summed E-state index contributed by atoms with van der Waals surface area (Å²) in [5, 5.41) is 12.0. The lowest BCUT2D eigenvalue weighted by Gasteiger charge is -2.16. The second kappa shape index (κ2) is 6.54. The van der Waals surface area contributed by atoms with E-state index in [2.05, 4.69) is 10.3 Å². The van der Waals surface area contributed by atoms with Gasteiger partial charge in [0.15, 0.2) is 0 Å². The molecule has 0 saturated carbocycles. The Morgan fingerprint density at radius 1 is 1.32 bits per heavy atom. The normalized spacial score (nSPS) is 12.0. The molecular weight excluding hydrogens is 366 g/mol. The maximum atomic E-state index is 12.7. The van der Waals surface area contributed by atoms with Crippen molar-refractivity contribution in [1.82, 2.24) is 4.98 Å². The monoisotopic (exact) mass is 383 g/mol. The van der Waals surface area contributed by atoms with Crippen LogP contribution in [0.2, 0.25) is 0 Å². The highest BCUT2D eigenvalue weighted by Gasteiger charge is 2.29. The van der Waals surface area contributed by atoms with E-state index in [1.807, 2.05) is 0 Å². The fourth-order valence-corrected chi connectivity index (χ4v) is 4.47. The molecule has 0 saturated heterocycles. The van der Waals surface area contributed by atoms with Crippen molar-refractivity contribution in [2.75, 3.05) is 5.32 Å². The van der Waals surface area contributed by atoms with Crippen LogP contribution < -0.4 is 11.1 Å². The molecule has 4 N–H and O–H groups in total. The van der Waals surface area contributed by atoms with Crippen LogP contribution in [-0.2, 0) is 14.6 Å².